The Labute approximate surface area is 130 Å². The summed E-state index contributed by atoms with van der Waals surface area (Å²) in [5.41, 5.74) is 1.22. The third-order valence-corrected chi connectivity index (χ3v) is 3.44. The molecule has 1 aromatic carbocycles. The lowest BCUT2D eigenvalue weighted by Gasteiger charge is -2.21. The van der Waals surface area contributed by atoms with E-state index < -0.39 is 6.09 Å². The first-order valence-electron chi connectivity index (χ1n) is 7.60. The molecule has 22 heavy (non-hydrogen) atoms. The molecule has 0 saturated carbocycles. The van der Waals surface area contributed by atoms with Crippen LogP contribution in [0.25, 0.3) is 0 Å². The minimum absolute atomic E-state index is 0.0344. The molecule has 0 aromatic heterocycles. The van der Waals surface area contributed by atoms with Gasteiger partial charge in [0.15, 0.2) is 5.78 Å². The number of hydrogen-bond acceptors (Lipinski definition) is 4. The van der Waals surface area contributed by atoms with Gasteiger partial charge < -0.3 is 15.4 Å². The number of ketones is 1. The number of rotatable bonds is 7. The molecule has 1 saturated heterocycles. The molecule has 1 unspecified atom stereocenters. The summed E-state index contributed by atoms with van der Waals surface area (Å²) >= 11 is 0. The average molecular weight is 304 g/mol. The topological polar surface area (TPSA) is 81.5 Å². The van der Waals surface area contributed by atoms with E-state index in [2.05, 4.69) is 16.0 Å². The molecule has 0 bridgehead atoms. The minimum Gasteiger partial charge on any atom is -0.450 e. The molecular weight excluding hydrogens is 282 g/mol. The Balaban J connectivity index is 1.55. The summed E-state index contributed by atoms with van der Waals surface area (Å²) in [6, 6.07) is 9.67. The van der Waals surface area contributed by atoms with Gasteiger partial charge in [0.2, 0.25) is 0 Å². The van der Waals surface area contributed by atoms with E-state index in [1.165, 1.54) is 5.56 Å². The van der Waals surface area contributed by atoms with E-state index in [1.54, 1.807) is 0 Å². The number of carbonyl (C=O) groups excluding carboxylic acids is 2. The number of benzene rings is 1. The van der Waals surface area contributed by atoms with E-state index in [9.17, 15) is 9.59 Å². The van der Waals surface area contributed by atoms with E-state index >= 15 is 0 Å². The monoisotopic (exact) mass is 304 g/mol. The maximum Gasteiger partial charge on any atom is 0.407 e. The van der Waals surface area contributed by atoms with Gasteiger partial charge in [0.1, 0.15) is 0 Å². The largest absolute Gasteiger partial charge is 0.450 e. The highest BCUT2D eigenvalue weighted by atomic mass is 16.5. The normalized spacial score (nSPS) is 17.7. The van der Waals surface area contributed by atoms with Crippen LogP contribution in [0, 0.1) is 0 Å². The number of carbonyl (C=O) groups is 2. The lowest BCUT2D eigenvalue weighted by Crippen LogP contribution is -2.51. The van der Waals surface area contributed by atoms with Crippen molar-refractivity contribution >= 4 is 11.9 Å². The smallest absolute Gasteiger partial charge is 0.407 e. The summed E-state index contributed by atoms with van der Waals surface area (Å²) in [5.74, 6) is -0.0894. The summed E-state index contributed by atoms with van der Waals surface area (Å²) in [5, 5.41) is 9.79. The fourth-order valence-electron chi connectivity index (χ4n) is 2.23. The number of alkyl carbamates (subject to hydrolysis) is 1. The number of hydrogen-bond donors (Lipinski definition) is 2. The predicted molar refractivity (Wildman–Crippen MR) is 82.8 cm³/mol. The van der Waals surface area contributed by atoms with Gasteiger partial charge in [-0.3, -0.25) is 4.79 Å². The molecule has 1 aliphatic heterocycles. The molecule has 1 aromatic rings. The number of piperazine rings is 1. The maximum absolute atomic E-state index is 11.8. The summed E-state index contributed by atoms with van der Waals surface area (Å²) in [6.07, 6.45) is 1.07. The van der Waals surface area contributed by atoms with Gasteiger partial charge in [-0.1, -0.05) is 30.3 Å². The second-order valence-corrected chi connectivity index (χ2v) is 5.17. The second kappa shape index (κ2) is 9.17. The highest BCUT2D eigenvalue weighted by molar-refractivity contribution is 5.88. The molecule has 1 atom stereocenters. The molecule has 6 heteroatoms. The molecule has 1 aliphatic rings. The first kappa shape index (κ1) is 16.5. The standard InChI is InChI=1S/C16H22N3O3/c20-15(14-11-17-8-9-18-14)12-19-16(21)22-10-4-7-13-5-2-1-3-6-13/h1-3,5-6,14,17H,4,7-12H2,(H,19,21). The van der Waals surface area contributed by atoms with Crippen LogP contribution < -0.4 is 16.0 Å². The van der Waals surface area contributed by atoms with Crippen LogP contribution in [0.1, 0.15) is 12.0 Å². The van der Waals surface area contributed by atoms with Gasteiger partial charge in [0, 0.05) is 19.6 Å². The van der Waals surface area contributed by atoms with Gasteiger partial charge in [0.25, 0.3) is 0 Å². The Morgan fingerprint density at radius 3 is 2.86 bits per heavy atom. The van der Waals surface area contributed by atoms with Crippen LogP contribution in [-0.4, -0.2) is 50.7 Å². The van der Waals surface area contributed by atoms with E-state index in [4.69, 9.17) is 4.74 Å². The van der Waals surface area contributed by atoms with Crippen LogP contribution in [0.4, 0.5) is 4.79 Å². The van der Waals surface area contributed by atoms with Crippen molar-refractivity contribution in [1.82, 2.24) is 16.0 Å². The molecule has 1 amide bonds. The Morgan fingerprint density at radius 1 is 1.32 bits per heavy atom. The number of ether oxygens (including phenoxy) is 1. The molecule has 2 N–H and O–H groups in total. The van der Waals surface area contributed by atoms with Crippen molar-refractivity contribution in [3.63, 3.8) is 0 Å². The molecule has 1 radical (unpaired) electrons. The van der Waals surface area contributed by atoms with Crippen LogP contribution in [0.5, 0.6) is 0 Å². The molecule has 0 spiro atoms. The van der Waals surface area contributed by atoms with Gasteiger partial charge in [0.05, 0.1) is 19.2 Å². The Kier molecular flexibility index (Phi) is 6.86. The zero-order valence-electron chi connectivity index (χ0n) is 12.6. The highest BCUT2D eigenvalue weighted by Gasteiger charge is 2.21. The van der Waals surface area contributed by atoms with Crippen molar-refractivity contribution in [1.29, 1.82) is 0 Å². The SMILES string of the molecule is O=C(NCC(=O)C1CNCC[N]1)OCCCc1ccccc1. The molecule has 0 aliphatic carbocycles. The highest BCUT2D eigenvalue weighted by Crippen LogP contribution is 2.02. The Bertz CT molecular complexity index is 473. The average Bonchev–Trinajstić information content (AvgIpc) is 2.58. The van der Waals surface area contributed by atoms with Crippen LogP contribution >= 0.6 is 0 Å². The number of Topliss-reactive ketones (excluding diaryl/α,β-unsaturated/α-hetero) is 1. The quantitative estimate of drug-likeness (QED) is 0.718. The van der Waals surface area contributed by atoms with Crippen molar-refractivity contribution < 1.29 is 14.3 Å². The summed E-state index contributed by atoms with van der Waals surface area (Å²) in [4.78, 5) is 23.3. The number of aryl methyl sites for hydroxylation is 1. The fraction of sp³-hybridized carbons (Fsp3) is 0.500. The maximum atomic E-state index is 11.8. The molecule has 119 valence electrons. The number of nitrogens with one attached hydrogen (secondary N) is 2. The lowest BCUT2D eigenvalue weighted by molar-refractivity contribution is -0.120. The van der Waals surface area contributed by atoms with Crippen LogP contribution in [0.2, 0.25) is 0 Å². The summed E-state index contributed by atoms with van der Waals surface area (Å²) in [7, 11) is 0. The van der Waals surface area contributed by atoms with E-state index in [0.29, 0.717) is 19.7 Å². The first-order valence-corrected chi connectivity index (χ1v) is 7.60. The Morgan fingerprint density at radius 2 is 2.14 bits per heavy atom. The van der Waals surface area contributed by atoms with Gasteiger partial charge in [-0.2, -0.15) is 0 Å². The van der Waals surface area contributed by atoms with Gasteiger partial charge in [-0.05, 0) is 18.4 Å². The summed E-state index contributed by atoms with van der Waals surface area (Å²) < 4.78 is 5.05. The predicted octanol–water partition coefficient (Wildman–Crippen LogP) is 0.491. The Hall–Kier alpha value is -1.92. The summed E-state index contributed by atoms with van der Waals surface area (Å²) in [6.45, 7) is 2.30. The zero-order valence-corrected chi connectivity index (χ0v) is 12.6. The molecule has 2 rings (SSSR count). The first-order chi connectivity index (χ1) is 10.8. The van der Waals surface area contributed by atoms with E-state index in [-0.39, 0.29) is 18.4 Å². The minimum atomic E-state index is -0.551. The molecule has 1 heterocycles. The molecule has 1 fully saturated rings. The van der Waals surface area contributed by atoms with Crippen LogP contribution in [-0.2, 0) is 16.0 Å². The number of amides is 1. The van der Waals surface area contributed by atoms with Gasteiger partial charge in [-0.25, -0.2) is 10.1 Å². The number of nitrogens with zero attached hydrogens (tertiary/aromatic N) is 1. The third kappa shape index (κ3) is 5.83. The van der Waals surface area contributed by atoms with Gasteiger partial charge >= 0.3 is 6.09 Å². The van der Waals surface area contributed by atoms with Crippen molar-refractivity contribution in [2.24, 2.45) is 0 Å². The van der Waals surface area contributed by atoms with E-state index in [1.807, 2.05) is 30.3 Å². The third-order valence-electron chi connectivity index (χ3n) is 3.44. The lowest BCUT2D eigenvalue weighted by atomic mass is 10.1. The molecule has 6 nitrogen and oxygen atoms in total. The van der Waals surface area contributed by atoms with E-state index in [0.717, 1.165) is 19.4 Å². The fourth-order valence-corrected chi connectivity index (χ4v) is 2.23. The van der Waals surface area contributed by atoms with Crippen molar-refractivity contribution in [3.05, 3.63) is 35.9 Å². The van der Waals surface area contributed by atoms with Gasteiger partial charge in [-0.15, -0.1) is 0 Å². The van der Waals surface area contributed by atoms with Crippen LogP contribution in [0.3, 0.4) is 0 Å². The molecular formula is C16H22N3O3. The second-order valence-electron chi connectivity index (χ2n) is 5.17. The van der Waals surface area contributed by atoms with Crippen molar-refractivity contribution in [2.75, 3.05) is 32.8 Å². The van der Waals surface area contributed by atoms with Crippen molar-refractivity contribution in [3.8, 4) is 0 Å². The van der Waals surface area contributed by atoms with Crippen molar-refractivity contribution in [2.45, 2.75) is 18.9 Å². The zero-order chi connectivity index (χ0) is 15.6. The van der Waals surface area contributed by atoms with Crippen LogP contribution in [0.15, 0.2) is 30.3 Å².